The molecule has 88 valence electrons. The minimum Gasteiger partial charge on any atom is -0.314 e. The molecule has 0 bridgehead atoms. The molecule has 0 aromatic heterocycles. The van der Waals surface area contributed by atoms with Gasteiger partial charge in [-0.3, -0.25) is 9.80 Å². The largest absolute Gasteiger partial charge is 0.314 e. The number of piperazine rings is 1. The monoisotopic (exact) mass is 229 g/mol. The van der Waals surface area contributed by atoms with Gasteiger partial charge < -0.3 is 5.32 Å². The topological polar surface area (TPSA) is 18.5 Å². The van der Waals surface area contributed by atoms with Crippen molar-refractivity contribution in [3.8, 4) is 0 Å². The van der Waals surface area contributed by atoms with Crippen molar-refractivity contribution < 1.29 is 0 Å². The number of hydrogen-bond acceptors (Lipinski definition) is 4. The van der Waals surface area contributed by atoms with Gasteiger partial charge >= 0.3 is 0 Å². The summed E-state index contributed by atoms with van der Waals surface area (Å²) in [6, 6.07) is 0.860. The number of hydrogen-bond donors (Lipinski definition) is 1. The van der Waals surface area contributed by atoms with Crippen molar-refractivity contribution >= 4 is 11.8 Å². The van der Waals surface area contributed by atoms with Crippen LogP contribution in [0.3, 0.4) is 0 Å². The van der Waals surface area contributed by atoms with Crippen molar-refractivity contribution in [2.45, 2.75) is 13.0 Å². The normalized spacial score (nSPS) is 25.4. The molecule has 2 aliphatic heterocycles. The average molecular weight is 229 g/mol. The predicted molar refractivity (Wildman–Crippen MR) is 67.7 cm³/mol. The first-order chi connectivity index (χ1) is 7.40. The number of likely N-dealkylation sites (tertiary alicyclic amines) is 1. The fourth-order valence-corrected chi connectivity index (χ4v) is 3.02. The highest BCUT2D eigenvalue weighted by Gasteiger charge is 2.31. The van der Waals surface area contributed by atoms with Crippen molar-refractivity contribution in [2.75, 3.05) is 57.3 Å². The molecule has 0 aliphatic carbocycles. The summed E-state index contributed by atoms with van der Waals surface area (Å²) in [6.07, 6.45) is 0. The van der Waals surface area contributed by atoms with E-state index in [0.29, 0.717) is 0 Å². The van der Waals surface area contributed by atoms with E-state index < -0.39 is 0 Å². The van der Waals surface area contributed by atoms with Crippen molar-refractivity contribution in [2.24, 2.45) is 0 Å². The Morgan fingerprint density at radius 2 is 2.00 bits per heavy atom. The van der Waals surface area contributed by atoms with Crippen LogP contribution in [0, 0.1) is 0 Å². The molecule has 0 aromatic carbocycles. The van der Waals surface area contributed by atoms with E-state index in [9.17, 15) is 0 Å². The van der Waals surface area contributed by atoms with Crippen LogP contribution in [-0.4, -0.2) is 73.2 Å². The molecule has 0 saturated carbocycles. The molecule has 2 saturated heterocycles. The number of nitrogens with zero attached hydrogens (tertiary/aromatic N) is 2. The molecule has 2 aliphatic rings. The Morgan fingerprint density at radius 1 is 1.27 bits per heavy atom. The van der Waals surface area contributed by atoms with E-state index >= 15 is 0 Å². The minimum absolute atomic E-state index is 0.860. The van der Waals surface area contributed by atoms with E-state index in [1.807, 2.05) is 0 Å². The predicted octanol–water partition coefficient (Wildman–Crippen LogP) is 0.329. The van der Waals surface area contributed by atoms with Crippen LogP contribution in [0.15, 0.2) is 0 Å². The van der Waals surface area contributed by atoms with Crippen LogP contribution in [0.1, 0.15) is 6.92 Å². The molecule has 0 aromatic rings. The summed E-state index contributed by atoms with van der Waals surface area (Å²) >= 11 is 2.06. The third-order valence-corrected chi connectivity index (χ3v) is 4.24. The van der Waals surface area contributed by atoms with Gasteiger partial charge in [-0.15, -0.1) is 0 Å². The summed E-state index contributed by atoms with van der Waals surface area (Å²) in [6.45, 7) is 11.0. The minimum atomic E-state index is 0.860. The lowest BCUT2D eigenvalue weighted by Crippen LogP contribution is -2.62. The van der Waals surface area contributed by atoms with Gasteiger partial charge in [0.2, 0.25) is 0 Å². The first-order valence-electron chi connectivity index (χ1n) is 6.15. The van der Waals surface area contributed by atoms with Crippen LogP contribution >= 0.6 is 11.8 Å². The van der Waals surface area contributed by atoms with Crippen LogP contribution in [0.25, 0.3) is 0 Å². The lowest BCUT2D eigenvalue weighted by Gasteiger charge is -2.46. The Morgan fingerprint density at radius 3 is 2.67 bits per heavy atom. The molecule has 0 amide bonds. The average Bonchev–Trinajstić information content (AvgIpc) is 2.23. The summed E-state index contributed by atoms with van der Waals surface area (Å²) in [5, 5.41) is 3.41. The van der Waals surface area contributed by atoms with Gasteiger partial charge in [-0.25, -0.2) is 0 Å². The van der Waals surface area contributed by atoms with E-state index in [0.717, 1.165) is 6.04 Å². The zero-order chi connectivity index (χ0) is 10.5. The van der Waals surface area contributed by atoms with Crippen molar-refractivity contribution in [1.29, 1.82) is 0 Å². The summed E-state index contributed by atoms with van der Waals surface area (Å²) in [4.78, 5) is 5.25. The second-order valence-corrected chi connectivity index (χ2v) is 5.79. The lowest BCUT2D eigenvalue weighted by molar-refractivity contribution is 0.0316. The van der Waals surface area contributed by atoms with Crippen LogP contribution in [-0.2, 0) is 0 Å². The maximum absolute atomic E-state index is 3.41. The maximum Gasteiger partial charge on any atom is 0.0351 e. The molecular formula is C11H23N3S. The molecule has 2 heterocycles. The fourth-order valence-electron chi connectivity index (χ4n) is 2.34. The van der Waals surface area contributed by atoms with E-state index in [4.69, 9.17) is 0 Å². The van der Waals surface area contributed by atoms with Gasteiger partial charge in [0.25, 0.3) is 0 Å². The molecule has 1 N–H and O–H groups in total. The van der Waals surface area contributed by atoms with Gasteiger partial charge in [0.1, 0.15) is 0 Å². The highest BCUT2D eigenvalue weighted by molar-refractivity contribution is 7.99. The van der Waals surface area contributed by atoms with Gasteiger partial charge in [0.05, 0.1) is 0 Å². The highest BCUT2D eigenvalue weighted by atomic mass is 32.2. The van der Waals surface area contributed by atoms with Crippen molar-refractivity contribution in [3.05, 3.63) is 0 Å². The van der Waals surface area contributed by atoms with Gasteiger partial charge in [-0.1, -0.05) is 6.92 Å². The third kappa shape index (κ3) is 3.34. The molecule has 0 atom stereocenters. The van der Waals surface area contributed by atoms with E-state index in [1.54, 1.807) is 0 Å². The van der Waals surface area contributed by atoms with Gasteiger partial charge in [-0.2, -0.15) is 11.8 Å². The summed E-state index contributed by atoms with van der Waals surface area (Å²) in [5.74, 6) is 2.57. The van der Waals surface area contributed by atoms with Crippen molar-refractivity contribution in [3.63, 3.8) is 0 Å². The molecule has 0 radical (unpaired) electrons. The highest BCUT2D eigenvalue weighted by Crippen LogP contribution is 2.15. The van der Waals surface area contributed by atoms with Gasteiger partial charge in [0, 0.05) is 57.6 Å². The smallest absolute Gasteiger partial charge is 0.0351 e. The third-order valence-electron chi connectivity index (χ3n) is 3.36. The lowest BCUT2D eigenvalue weighted by atomic mass is 10.1. The number of nitrogens with one attached hydrogen (secondary N) is 1. The molecule has 15 heavy (non-hydrogen) atoms. The molecular weight excluding hydrogens is 206 g/mol. The second kappa shape index (κ2) is 6.09. The molecule has 0 spiro atoms. The van der Waals surface area contributed by atoms with Crippen molar-refractivity contribution in [1.82, 2.24) is 15.1 Å². The first-order valence-corrected chi connectivity index (χ1v) is 7.30. The molecule has 0 unspecified atom stereocenters. The zero-order valence-corrected chi connectivity index (χ0v) is 10.6. The molecule has 4 heteroatoms. The zero-order valence-electron chi connectivity index (χ0n) is 9.74. The van der Waals surface area contributed by atoms with Crippen LogP contribution in [0.2, 0.25) is 0 Å². The number of thioether (sulfide) groups is 1. The van der Waals surface area contributed by atoms with Gasteiger partial charge in [0.15, 0.2) is 0 Å². The Labute approximate surface area is 97.6 Å². The van der Waals surface area contributed by atoms with Gasteiger partial charge in [-0.05, 0) is 5.75 Å². The fraction of sp³-hybridized carbons (Fsp3) is 1.00. The van der Waals surface area contributed by atoms with E-state index in [2.05, 4.69) is 33.8 Å². The summed E-state index contributed by atoms with van der Waals surface area (Å²) in [5.41, 5.74) is 0. The molecule has 2 fully saturated rings. The Bertz CT molecular complexity index is 177. The first kappa shape index (κ1) is 11.7. The standard InChI is InChI=1S/C11H23N3S/c1-2-15-8-7-13-9-11(10-13)14-5-3-12-4-6-14/h11-12H,2-10H2,1H3. The SMILES string of the molecule is CCSCCN1CC(N2CCNCC2)C1. The number of rotatable bonds is 5. The summed E-state index contributed by atoms with van der Waals surface area (Å²) < 4.78 is 0. The van der Waals surface area contributed by atoms with Crippen LogP contribution in [0.4, 0.5) is 0 Å². The van der Waals surface area contributed by atoms with Crippen LogP contribution in [0.5, 0.6) is 0 Å². The van der Waals surface area contributed by atoms with Crippen LogP contribution < -0.4 is 5.32 Å². The Balaban J connectivity index is 1.56. The molecule has 3 nitrogen and oxygen atoms in total. The quantitative estimate of drug-likeness (QED) is 0.685. The van der Waals surface area contributed by atoms with E-state index in [1.165, 1.54) is 57.3 Å². The maximum atomic E-state index is 3.41. The second-order valence-electron chi connectivity index (χ2n) is 4.40. The summed E-state index contributed by atoms with van der Waals surface area (Å²) in [7, 11) is 0. The van der Waals surface area contributed by atoms with E-state index in [-0.39, 0.29) is 0 Å². The molecule has 2 rings (SSSR count). The Kier molecular flexibility index (Phi) is 4.75. The Hall–Kier alpha value is 0.230.